The molecule has 164 valence electrons. The molecular formula is C24H28ClN3O3. The van der Waals surface area contributed by atoms with E-state index in [1.807, 2.05) is 77.4 Å². The Hall–Kier alpha value is -3.12. The molecule has 6 nitrogen and oxygen atoms in total. The topological polar surface area (TPSA) is 46.9 Å². The van der Waals surface area contributed by atoms with E-state index in [1.54, 1.807) is 14.2 Å². The lowest BCUT2D eigenvalue weighted by atomic mass is 10.0. The van der Waals surface area contributed by atoms with Crippen molar-refractivity contribution >= 4 is 24.0 Å². The number of hydrogen-bond acceptors (Lipinski definition) is 4. The van der Waals surface area contributed by atoms with E-state index < -0.39 is 0 Å². The van der Waals surface area contributed by atoms with Gasteiger partial charge >= 0.3 is 0 Å². The van der Waals surface area contributed by atoms with Gasteiger partial charge < -0.3 is 23.8 Å². The molecule has 7 heteroatoms. The van der Waals surface area contributed by atoms with Gasteiger partial charge in [0.1, 0.15) is 11.5 Å². The van der Waals surface area contributed by atoms with Crippen LogP contribution in [0.4, 0.5) is 5.69 Å². The molecule has 1 aromatic heterocycles. The minimum atomic E-state index is 0. The van der Waals surface area contributed by atoms with Crippen molar-refractivity contribution in [2.75, 3.05) is 45.3 Å². The number of aromatic nitrogens is 1. The SMILES string of the molecule is COc1cc(OC)cc(N2CCN(C(=O)c3cn(C)cc3-c3ccccc3)CC2)c1.Cl. The number of benzene rings is 2. The zero-order valence-electron chi connectivity index (χ0n) is 18.1. The minimum Gasteiger partial charge on any atom is -0.497 e. The van der Waals surface area contributed by atoms with Gasteiger partial charge in [-0.3, -0.25) is 4.79 Å². The summed E-state index contributed by atoms with van der Waals surface area (Å²) in [6, 6.07) is 15.9. The van der Waals surface area contributed by atoms with Crippen molar-refractivity contribution < 1.29 is 14.3 Å². The Bertz CT molecular complexity index is 1010. The van der Waals surface area contributed by atoms with Crippen LogP contribution >= 0.6 is 12.4 Å². The number of piperazine rings is 1. The second kappa shape index (κ2) is 9.79. The van der Waals surface area contributed by atoms with Crippen LogP contribution in [0.3, 0.4) is 0 Å². The monoisotopic (exact) mass is 441 g/mol. The number of ether oxygens (including phenoxy) is 2. The summed E-state index contributed by atoms with van der Waals surface area (Å²) in [4.78, 5) is 17.5. The van der Waals surface area contributed by atoms with Gasteiger partial charge in [-0.1, -0.05) is 30.3 Å². The van der Waals surface area contributed by atoms with Crippen LogP contribution < -0.4 is 14.4 Å². The molecule has 0 unspecified atom stereocenters. The fourth-order valence-corrected chi connectivity index (χ4v) is 3.91. The third kappa shape index (κ3) is 4.80. The summed E-state index contributed by atoms with van der Waals surface area (Å²) >= 11 is 0. The van der Waals surface area contributed by atoms with E-state index in [0.29, 0.717) is 13.1 Å². The Morgan fingerprint density at radius 2 is 1.48 bits per heavy atom. The third-order valence-corrected chi connectivity index (χ3v) is 5.54. The molecule has 0 radical (unpaired) electrons. The van der Waals surface area contributed by atoms with Crippen LogP contribution in [0.5, 0.6) is 11.5 Å². The van der Waals surface area contributed by atoms with Crippen LogP contribution in [0.2, 0.25) is 0 Å². The molecule has 4 rings (SSSR count). The fourth-order valence-electron chi connectivity index (χ4n) is 3.91. The standard InChI is InChI=1S/C24H27N3O3.ClH/c1-25-16-22(18-7-5-4-6-8-18)23(17-25)24(28)27-11-9-26(10-12-27)19-13-20(29-2)15-21(14-19)30-3;/h4-8,13-17H,9-12H2,1-3H3;1H. The summed E-state index contributed by atoms with van der Waals surface area (Å²) in [5.74, 6) is 1.61. The smallest absolute Gasteiger partial charge is 0.256 e. The van der Waals surface area contributed by atoms with E-state index in [0.717, 1.165) is 47.0 Å². The van der Waals surface area contributed by atoms with E-state index in [9.17, 15) is 4.79 Å². The molecule has 1 amide bonds. The largest absolute Gasteiger partial charge is 0.497 e. The highest BCUT2D eigenvalue weighted by Gasteiger charge is 2.25. The highest BCUT2D eigenvalue weighted by Crippen LogP contribution is 2.30. The molecule has 2 heterocycles. The van der Waals surface area contributed by atoms with Gasteiger partial charge in [-0.2, -0.15) is 0 Å². The van der Waals surface area contributed by atoms with Gasteiger partial charge in [0, 0.05) is 75.1 Å². The van der Waals surface area contributed by atoms with Crippen molar-refractivity contribution in [2.24, 2.45) is 7.05 Å². The maximum Gasteiger partial charge on any atom is 0.256 e. The van der Waals surface area contributed by atoms with E-state index in [2.05, 4.69) is 4.90 Å². The second-order valence-electron chi connectivity index (χ2n) is 7.47. The molecule has 0 saturated carbocycles. The molecule has 0 atom stereocenters. The lowest BCUT2D eigenvalue weighted by Crippen LogP contribution is -2.48. The summed E-state index contributed by atoms with van der Waals surface area (Å²) in [5, 5.41) is 0. The normalized spacial score (nSPS) is 13.5. The number of methoxy groups -OCH3 is 2. The van der Waals surface area contributed by atoms with Gasteiger partial charge in [-0.05, 0) is 5.56 Å². The van der Waals surface area contributed by atoms with Gasteiger partial charge in [0.05, 0.1) is 19.8 Å². The first kappa shape index (κ1) is 22.6. The van der Waals surface area contributed by atoms with Gasteiger partial charge in [0.2, 0.25) is 0 Å². The van der Waals surface area contributed by atoms with Gasteiger partial charge in [0.15, 0.2) is 0 Å². The molecule has 1 aliphatic rings. The van der Waals surface area contributed by atoms with Crippen LogP contribution in [0.15, 0.2) is 60.9 Å². The molecule has 2 aromatic carbocycles. The lowest BCUT2D eigenvalue weighted by Gasteiger charge is -2.36. The Morgan fingerprint density at radius 1 is 0.871 bits per heavy atom. The predicted octanol–water partition coefficient (Wildman–Crippen LogP) is 4.09. The summed E-state index contributed by atoms with van der Waals surface area (Å²) in [6.07, 6.45) is 3.94. The summed E-state index contributed by atoms with van der Waals surface area (Å²) in [6.45, 7) is 2.86. The second-order valence-corrected chi connectivity index (χ2v) is 7.47. The molecule has 1 saturated heterocycles. The molecule has 31 heavy (non-hydrogen) atoms. The first-order valence-electron chi connectivity index (χ1n) is 10.1. The number of aryl methyl sites for hydroxylation is 1. The summed E-state index contributed by atoms with van der Waals surface area (Å²) < 4.78 is 12.7. The average molecular weight is 442 g/mol. The van der Waals surface area contributed by atoms with Crippen LogP contribution in [0.25, 0.3) is 11.1 Å². The first-order valence-corrected chi connectivity index (χ1v) is 10.1. The Balaban J connectivity index is 0.00000272. The quantitative estimate of drug-likeness (QED) is 0.598. The number of anilines is 1. The molecular weight excluding hydrogens is 414 g/mol. The van der Waals surface area contributed by atoms with Crippen molar-refractivity contribution in [1.29, 1.82) is 0 Å². The third-order valence-electron chi connectivity index (χ3n) is 5.54. The number of carbonyl (C=O) groups is 1. The van der Waals surface area contributed by atoms with E-state index in [1.165, 1.54) is 0 Å². The number of hydrogen-bond donors (Lipinski definition) is 0. The van der Waals surface area contributed by atoms with E-state index >= 15 is 0 Å². The summed E-state index contributed by atoms with van der Waals surface area (Å²) in [7, 11) is 5.26. The number of nitrogens with zero attached hydrogens (tertiary/aromatic N) is 3. The molecule has 0 N–H and O–H groups in total. The van der Waals surface area contributed by atoms with Crippen molar-refractivity contribution in [3.63, 3.8) is 0 Å². The minimum absolute atomic E-state index is 0. The molecule has 0 bridgehead atoms. The highest BCUT2D eigenvalue weighted by molar-refractivity contribution is 6.01. The van der Waals surface area contributed by atoms with Crippen molar-refractivity contribution in [3.8, 4) is 22.6 Å². The van der Waals surface area contributed by atoms with Gasteiger partial charge in [-0.25, -0.2) is 0 Å². The maximum absolute atomic E-state index is 13.3. The zero-order chi connectivity index (χ0) is 21.1. The number of rotatable bonds is 5. The molecule has 1 aliphatic heterocycles. The maximum atomic E-state index is 13.3. The molecule has 3 aromatic rings. The van der Waals surface area contributed by atoms with Crippen LogP contribution in [-0.4, -0.2) is 55.8 Å². The molecule has 0 spiro atoms. The molecule has 1 fully saturated rings. The number of amides is 1. The first-order chi connectivity index (χ1) is 14.6. The van der Waals surface area contributed by atoms with Gasteiger partial charge in [-0.15, -0.1) is 12.4 Å². The van der Waals surface area contributed by atoms with Crippen molar-refractivity contribution in [3.05, 3.63) is 66.5 Å². The number of carbonyl (C=O) groups excluding carboxylic acids is 1. The summed E-state index contributed by atoms with van der Waals surface area (Å²) in [5.41, 5.74) is 3.83. The van der Waals surface area contributed by atoms with Crippen molar-refractivity contribution in [2.45, 2.75) is 0 Å². The van der Waals surface area contributed by atoms with E-state index in [-0.39, 0.29) is 18.3 Å². The zero-order valence-corrected chi connectivity index (χ0v) is 18.9. The lowest BCUT2D eigenvalue weighted by molar-refractivity contribution is 0.0747. The van der Waals surface area contributed by atoms with Gasteiger partial charge in [0.25, 0.3) is 5.91 Å². The molecule has 0 aliphatic carbocycles. The van der Waals surface area contributed by atoms with Crippen LogP contribution in [0.1, 0.15) is 10.4 Å². The predicted molar refractivity (Wildman–Crippen MR) is 126 cm³/mol. The Labute approximate surface area is 189 Å². The average Bonchev–Trinajstić information content (AvgIpc) is 3.20. The Kier molecular flexibility index (Phi) is 7.13. The Morgan fingerprint density at radius 3 is 2.06 bits per heavy atom. The van der Waals surface area contributed by atoms with Crippen LogP contribution in [0, 0.1) is 0 Å². The number of halogens is 1. The fraction of sp³-hybridized carbons (Fsp3) is 0.292. The highest BCUT2D eigenvalue weighted by atomic mass is 35.5. The van der Waals surface area contributed by atoms with Crippen molar-refractivity contribution in [1.82, 2.24) is 9.47 Å². The van der Waals surface area contributed by atoms with E-state index in [4.69, 9.17) is 9.47 Å². The van der Waals surface area contributed by atoms with Crippen LogP contribution in [-0.2, 0) is 7.05 Å².